The van der Waals surface area contributed by atoms with E-state index in [1.54, 1.807) is 36.4 Å². The van der Waals surface area contributed by atoms with E-state index < -0.39 is 22.5 Å². The third kappa shape index (κ3) is 5.11. The molecule has 0 spiro atoms. The van der Waals surface area contributed by atoms with Crippen LogP contribution < -0.4 is 14.4 Å². The van der Waals surface area contributed by atoms with Crippen LogP contribution in [-0.4, -0.2) is 28.0 Å². The van der Waals surface area contributed by atoms with Gasteiger partial charge in [-0.25, -0.2) is 8.42 Å². The summed E-state index contributed by atoms with van der Waals surface area (Å²) in [5.41, 5.74) is 4.72. The maximum absolute atomic E-state index is 13.6. The molecule has 0 bridgehead atoms. The van der Waals surface area contributed by atoms with E-state index in [2.05, 4.69) is 5.32 Å². The van der Waals surface area contributed by atoms with Gasteiger partial charge in [0.2, 0.25) is 5.91 Å². The first kappa shape index (κ1) is 23.3. The van der Waals surface area contributed by atoms with Crippen molar-refractivity contribution in [1.29, 1.82) is 0 Å². The van der Waals surface area contributed by atoms with Gasteiger partial charge in [0, 0.05) is 5.69 Å². The fraction of sp³-hybridized carbons (Fsp3) is 0.240. The monoisotopic (exact) mass is 452 g/mol. The number of hydrogen-bond donors (Lipinski definition) is 1. The summed E-state index contributed by atoms with van der Waals surface area (Å²) in [4.78, 5) is 13.1. The Morgan fingerprint density at radius 3 is 2.09 bits per heavy atom. The molecule has 0 radical (unpaired) electrons. The quantitative estimate of drug-likeness (QED) is 0.561. The van der Waals surface area contributed by atoms with E-state index in [4.69, 9.17) is 4.74 Å². The molecular formula is C25H28N2O4S. The van der Waals surface area contributed by atoms with Gasteiger partial charge in [-0.1, -0.05) is 41.5 Å². The van der Waals surface area contributed by atoms with Gasteiger partial charge in [0.05, 0.1) is 17.7 Å². The van der Waals surface area contributed by atoms with Crippen LogP contribution in [-0.2, 0) is 14.8 Å². The van der Waals surface area contributed by atoms with E-state index in [-0.39, 0.29) is 4.90 Å². The molecule has 0 unspecified atom stereocenters. The second-order valence-corrected chi connectivity index (χ2v) is 9.73. The van der Waals surface area contributed by atoms with Gasteiger partial charge in [-0.2, -0.15) is 0 Å². The van der Waals surface area contributed by atoms with Crippen LogP contribution in [0.3, 0.4) is 0 Å². The molecule has 0 heterocycles. The van der Waals surface area contributed by atoms with Crippen LogP contribution in [0.5, 0.6) is 5.75 Å². The SMILES string of the molecule is COc1ccc(C)cc1N(CC(=O)Nc1ccc(C)cc1C)S(=O)(=O)c1ccc(C)cc1. The van der Waals surface area contributed by atoms with Gasteiger partial charge in [0.25, 0.3) is 10.0 Å². The second-order valence-electron chi connectivity index (χ2n) is 7.87. The van der Waals surface area contributed by atoms with Crippen molar-refractivity contribution in [2.75, 3.05) is 23.3 Å². The van der Waals surface area contributed by atoms with Gasteiger partial charge < -0.3 is 10.1 Å². The Balaban J connectivity index is 2.03. The zero-order valence-electron chi connectivity index (χ0n) is 19.0. The first-order valence-corrected chi connectivity index (χ1v) is 11.7. The average Bonchev–Trinajstić information content (AvgIpc) is 2.74. The Morgan fingerprint density at radius 2 is 1.47 bits per heavy atom. The molecule has 0 atom stereocenters. The fourth-order valence-corrected chi connectivity index (χ4v) is 4.83. The van der Waals surface area contributed by atoms with Crippen molar-refractivity contribution in [1.82, 2.24) is 0 Å². The number of ether oxygens (including phenoxy) is 1. The van der Waals surface area contributed by atoms with Crippen LogP contribution in [0.4, 0.5) is 11.4 Å². The predicted molar refractivity (Wildman–Crippen MR) is 128 cm³/mol. The number of carbonyl (C=O) groups is 1. The van der Waals surface area contributed by atoms with Gasteiger partial charge in [0.15, 0.2) is 0 Å². The Kier molecular flexibility index (Phi) is 6.89. The Bertz CT molecular complexity index is 1240. The van der Waals surface area contributed by atoms with E-state index in [9.17, 15) is 13.2 Å². The Morgan fingerprint density at radius 1 is 0.875 bits per heavy atom. The van der Waals surface area contributed by atoms with Crippen molar-refractivity contribution in [2.45, 2.75) is 32.6 Å². The van der Waals surface area contributed by atoms with Crippen LogP contribution in [0.25, 0.3) is 0 Å². The molecule has 3 aromatic carbocycles. The zero-order valence-corrected chi connectivity index (χ0v) is 19.8. The van der Waals surface area contributed by atoms with Crippen molar-refractivity contribution in [3.8, 4) is 5.75 Å². The van der Waals surface area contributed by atoms with Crippen molar-refractivity contribution in [2.24, 2.45) is 0 Å². The van der Waals surface area contributed by atoms with Crippen LogP contribution in [0.15, 0.2) is 65.6 Å². The number of anilines is 2. The summed E-state index contributed by atoms with van der Waals surface area (Å²) in [5.74, 6) is -0.0817. The number of benzene rings is 3. The third-order valence-electron chi connectivity index (χ3n) is 5.16. The number of hydrogen-bond acceptors (Lipinski definition) is 4. The lowest BCUT2D eigenvalue weighted by atomic mass is 10.1. The highest BCUT2D eigenvalue weighted by Gasteiger charge is 2.29. The lowest BCUT2D eigenvalue weighted by molar-refractivity contribution is -0.114. The van der Waals surface area contributed by atoms with Crippen LogP contribution in [0.2, 0.25) is 0 Å². The maximum Gasteiger partial charge on any atom is 0.264 e. The molecule has 0 fully saturated rings. The number of aryl methyl sites for hydroxylation is 4. The molecule has 0 saturated carbocycles. The van der Waals surface area contributed by atoms with Crippen molar-refractivity contribution >= 4 is 27.3 Å². The summed E-state index contributed by atoms with van der Waals surface area (Å²) in [6.07, 6.45) is 0. The summed E-state index contributed by atoms with van der Waals surface area (Å²) in [5, 5.41) is 2.84. The van der Waals surface area contributed by atoms with Gasteiger partial charge >= 0.3 is 0 Å². The van der Waals surface area contributed by atoms with E-state index in [1.165, 1.54) is 7.11 Å². The van der Waals surface area contributed by atoms with Gasteiger partial charge in [0.1, 0.15) is 12.3 Å². The lowest BCUT2D eigenvalue weighted by Crippen LogP contribution is -2.38. The molecule has 6 nitrogen and oxygen atoms in total. The van der Waals surface area contributed by atoms with Crippen LogP contribution >= 0.6 is 0 Å². The van der Waals surface area contributed by atoms with Crippen LogP contribution in [0, 0.1) is 27.7 Å². The molecule has 32 heavy (non-hydrogen) atoms. The molecule has 3 rings (SSSR count). The highest BCUT2D eigenvalue weighted by Crippen LogP contribution is 2.33. The number of amides is 1. The number of methoxy groups -OCH3 is 1. The summed E-state index contributed by atoms with van der Waals surface area (Å²) in [6, 6.07) is 17.4. The summed E-state index contributed by atoms with van der Waals surface area (Å²) in [6.45, 7) is 7.21. The fourth-order valence-electron chi connectivity index (χ4n) is 3.41. The second kappa shape index (κ2) is 9.44. The molecule has 0 aromatic heterocycles. The average molecular weight is 453 g/mol. The minimum absolute atomic E-state index is 0.103. The normalized spacial score (nSPS) is 11.2. The van der Waals surface area contributed by atoms with Crippen molar-refractivity contribution in [3.05, 3.63) is 82.9 Å². The number of carbonyl (C=O) groups excluding carboxylic acids is 1. The smallest absolute Gasteiger partial charge is 0.264 e. The van der Waals surface area contributed by atoms with E-state index in [0.717, 1.165) is 26.6 Å². The molecule has 1 N–H and O–H groups in total. The standard InChI is InChI=1S/C25H28N2O4S/c1-17-6-10-21(11-7-17)32(29,30)27(23-15-19(3)9-13-24(23)31-5)16-25(28)26-22-12-8-18(2)14-20(22)4/h6-15H,16H2,1-5H3,(H,26,28). The number of rotatable bonds is 7. The lowest BCUT2D eigenvalue weighted by Gasteiger charge is -2.26. The highest BCUT2D eigenvalue weighted by atomic mass is 32.2. The summed E-state index contributed by atoms with van der Waals surface area (Å²) in [7, 11) is -2.56. The van der Waals surface area contributed by atoms with Crippen molar-refractivity contribution < 1.29 is 17.9 Å². The molecule has 0 aliphatic rings. The minimum Gasteiger partial charge on any atom is -0.495 e. The molecule has 0 aliphatic carbocycles. The zero-order chi connectivity index (χ0) is 23.5. The summed E-state index contributed by atoms with van der Waals surface area (Å²) < 4.78 is 33.8. The largest absolute Gasteiger partial charge is 0.495 e. The number of nitrogens with one attached hydrogen (secondary N) is 1. The molecule has 1 amide bonds. The highest BCUT2D eigenvalue weighted by molar-refractivity contribution is 7.92. The Labute approximate surface area is 189 Å². The topological polar surface area (TPSA) is 75.7 Å². The predicted octanol–water partition coefficient (Wildman–Crippen LogP) is 4.76. The minimum atomic E-state index is -4.03. The molecule has 0 saturated heterocycles. The molecular weight excluding hydrogens is 424 g/mol. The van der Waals surface area contributed by atoms with E-state index >= 15 is 0 Å². The molecule has 3 aromatic rings. The van der Waals surface area contributed by atoms with Gasteiger partial charge in [-0.05, 0) is 69.2 Å². The number of nitrogens with zero attached hydrogens (tertiary/aromatic N) is 1. The molecule has 0 aliphatic heterocycles. The maximum atomic E-state index is 13.6. The first-order chi connectivity index (χ1) is 15.1. The number of sulfonamides is 1. The van der Waals surface area contributed by atoms with Crippen LogP contribution in [0.1, 0.15) is 22.3 Å². The van der Waals surface area contributed by atoms with E-state index in [1.807, 2.05) is 52.0 Å². The first-order valence-electron chi connectivity index (χ1n) is 10.2. The molecule has 168 valence electrons. The Hall–Kier alpha value is -3.32. The van der Waals surface area contributed by atoms with Crippen molar-refractivity contribution in [3.63, 3.8) is 0 Å². The third-order valence-corrected chi connectivity index (χ3v) is 6.93. The van der Waals surface area contributed by atoms with E-state index in [0.29, 0.717) is 17.1 Å². The molecule has 7 heteroatoms. The summed E-state index contributed by atoms with van der Waals surface area (Å²) >= 11 is 0. The van der Waals surface area contributed by atoms with Gasteiger partial charge in [-0.15, -0.1) is 0 Å². The van der Waals surface area contributed by atoms with Gasteiger partial charge in [-0.3, -0.25) is 9.10 Å².